The molecule has 0 aliphatic heterocycles. The first-order valence-electron chi connectivity index (χ1n) is 3.59. The van der Waals surface area contributed by atoms with Crippen molar-refractivity contribution < 1.29 is 13.9 Å². The van der Waals surface area contributed by atoms with Gasteiger partial charge in [0.15, 0.2) is 11.0 Å². The fourth-order valence-corrected chi connectivity index (χ4v) is 1.47. The smallest absolute Gasteiger partial charge is 0.339 e. The Bertz CT molecular complexity index is 373. The van der Waals surface area contributed by atoms with Crippen molar-refractivity contribution in [2.24, 2.45) is 0 Å². The summed E-state index contributed by atoms with van der Waals surface area (Å²) in [6.45, 7) is 0. The van der Waals surface area contributed by atoms with E-state index in [9.17, 15) is 9.18 Å². The number of aromatic nitrogens is 1. The molecule has 0 aliphatic carbocycles. The second-order valence-electron chi connectivity index (χ2n) is 2.38. The van der Waals surface area contributed by atoms with Crippen LogP contribution in [-0.2, 0) is 10.1 Å². The van der Waals surface area contributed by atoms with E-state index in [-0.39, 0.29) is 10.7 Å². The van der Waals surface area contributed by atoms with Crippen molar-refractivity contribution in [1.29, 1.82) is 0 Å². The van der Waals surface area contributed by atoms with E-state index in [0.29, 0.717) is 11.0 Å². The lowest BCUT2D eigenvalue weighted by Crippen LogP contribution is -2.07. The first-order valence-corrected chi connectivity index (χ1v) is 5.09. The number of rotatable bonds is 2. The number of carbonyl (C=O) groups excluding carboxylic acids is 1. The van der Waals surface area contributed by atoms with Crippen molar-refractivity contribution in [3.05, 3.63) is 28.3 Å². The van der Waals surface area contributed by atoms with Gasteiger partial charge in [0.1, 0.15) is 0 Å². The minimum atomic E-state index is -0.739. The highest BCUT2D eigenvalue weighted by atomic mass is 79.9. The van der Waals surface area contributed by atoms with Crippen LogP contribution < -0.4 is 0 Å². The molecule has 0 radical (unpaired) electrons. The van der Waals surface area contributed by atoms with Crippen LogP contribution in [0.2, 0.25) is 5.15 Å². The van der Waals surface area contributed by atoms with E-state index >= 15 is 0 Å². The molecular weight excluding hydrogens is 276 g/mol. The predicted molar refractivity (Wildman–Crippen MR) is 53.2 cm³/mol. The lowest BCUT2D eigenvalue weighted by Gasteiger charge is -2.05. The van der Waals surface area contributed by atoms with E-state index in [0.717, 1.165) is 6.07 Å². The van der Waals surface area contributed by atoms with Crippen molar-refractivity contribution >= 4 is 33.5 Å². The Hall–Kier alpha value is -0.680. The topological polar surface area (TPSA) is 39.2 Å². The van der Waals surface area contributed by atoms with Crippen LogP contribution in [0.4, 0.5) is 4.39 Å². The molecule has 1 aromatic rings. The summed E-state index contributed by atoms with van der Waals surface area (Å²) in [6, 6.07) is 1.01. The molecule has 0 spiro atoms. The Balaban J connectivity index is 3.27. The van der Waals surface area contributed by atoms with Crippen molar-refractivity contribution in [2.75, 3.05) is 7.11 Å². The van der Waals surface area contributed by atoms with Gasteiger partial charge in [-0.15, -0.1) is 0 Å². The summed E-state index contributed by atoms with van der Waals surface area (Å²) in [7, 11) is 1.22. The van der Waals surface area contributed by atoms with Gasteiger partial charge in [0.05, 0.1) is 18.4 Å². The van der Waals surface area contributed by atoms with Crippen LogP contribution in [0.1, 0.15) is 16.1 Å². The van der Waals surface area contributed by atoms with Gasteiger partial charge in [0, 0.05) is 5.33 Å². The summed E-state index contributed by atoms with van der Waals surface area (Å²) < 4.78 is 17.4. The Morgan fingerprint density at radius 2 is 2.43 bits per heavy atom. The number of carbonyl (C=O) groups is 1. The molecule has 0 bridgehead atoms. The highest BCUT2D eigenvalue weighted by molar-refractivity contribution is 9.08. The highest BCUT2D eigenvalue weighted by Crippen LogP contribution is 2.18. The third-order valence-corrected chi connectivity index (χ3v) is 2.34. The normalized spacial score (nSPS) is 10.0. The van der Waals surface area contributed by atoms with Crippen LogP contribution >= 0.6 is 27.5 Å². The number of hydrogen-bond acceptors (Lipinski definition) is 3. The number of nitrogens with zero attached hydrogens (tertiary/aromatic N) is 1. The number of ether oxygens (including phenoxy) is 1. The van der Waals surface area contributed by atoms with Gasteiger partial charge < -0.3 is 4.74 Å². The van der Waals surface area contributed by atoms with Crippen LogP contribution in [0, 0.1) is 5.82 Å². The van der Waals surface area contributed by atoms with Crippen LogP contribution in [0.3, 0.4) is 0 Å². The second kappa shape index (κ2) is 4.70. The number of esters is 1. The van der Waals surface area contributed by atoms with Gasteiger partial charge in [-0.3, -0.25) is 0 Å². The average molecular weight is 282 g/mol. The zero-order valence-electron chi connectivity index (χ0n) is 7.18. The number of methoxy groups -OCH3 is 1. The summed E-state index contributed by atoms with van der Waals surface area (Å²) in [5.74, 6) is -1.38. The number of hydrogen-bond donors (Lipinski definition) is 0. The van der Waals surface area contributed by atoms with Gasteiger partial charge in [-0.2, -0.15) is 0 Å². The maximum atomic E-state index is 13.0. The van der Waals surface area contributed by atoms with Crippen LogP contribution in [-0.4, -0.2) is 18.1 Å². The monoisotopic (exact) mass is 281 g/mol. The van der Waals surface area contributed by atoms with E-state index in [4.69, 9.17) is 11.6 Å². The van der Waals surface area contributed by atoms with Gasteiger partial charge in [-0.05, 0) is 6.07 Å². The molecule has 0 fully saturated rings. The molecule has 0 N–H and O–H groups in total. The molecular formula is C8H6BrClFNO2. The molecule has 6 heteroatoms. The number of alkyl halides is 1. The molecule has 1 rings (SSSR count). The van der Waals surface area contributed by atoms with E-state index in [2.05, 4.69) is 25.7 Å². The lowest BCUT2D eigenvalue weighted by atomic mass is 10.2. The standard InChI is InChI=1S/C8H6BrClFNO2/c1-14-8(13)4-2-5(11)7(10)12-6(4)3-9/h2H,3H2,1H3. The van der Waals surface area contributed by atoms with Crippen LogP contribution in [0.15, 0.2) is 6.07 Å². The SMILES string of the molecule is COC(=O)c1cc(F)c(Cl)nc1CBr. The number of halogens is 3. The fourth-order valence-electron chi connectivity index (χ4n) is 0.890. The minimum absolute atomic E-state index is 0.0753. The van der Waals surface area contributed by atoms with Gasteiger partial charge >= 0.3 is 5.97 Å². The molecule has 3 nitrogen and oxygen atoms in total. The Labute approximate surface area is 93.4 Å². The molecule has 0 atom stereocenters. The summed E-state index contributed by atoms with van der Waals surface area (Å²) in [5.41, 5.74) is 0.425. The summed E-state index contributed by atoms with van der Waals surface area (Å²) in [6.07, 6.45) is 0. The van der Waals surface area contributed by atoms with Gasteiger partial charge in [0.25, 0.3) is 0 Å². The molecule has 0 unspecified atom stereocenters. The van der Waals surface area contributed by atoms with Crippen molar-refractivity contribution in [2.45, 2.75) is 5.33 Å². The zero-order valence-corrected chi connectivity index (χ0v) is 9.52. The van der Waals surface area contributed by atoms with Crippen LogP contribution in [0.25, 0.3) is 0 Å². The largest absolute Gasteiger partial charge is 0.465 e. The molecule has 0 amide bonds. The first-order chi connectivity index (χ1) is 6.60. The molecule has 14 heavy (non-hydrogen) atoms. The van der Waals surface area contributed by atoms with Gasteiger partial charge in [-0.1, -0.05) is 27.5 Å². The summed E-state index contributed by atoms with van der Waals surface area (Å²) in [4.78, 5) is 14.9. The van der Waals surface area contributed by atoms with Gasteiger partial charge in [0.2, 0.25) is 0 Å². The van der Waals surface area contributed by atoms with Crippen molar-refractivity contribution in [3.8, 4) is 0 Å². The molecule has 1 aromatic heterocycles. The Morgan fingerprint density at radius 3 is 2.93 bits per heavy atom. The van der Waals surface area contributed by atoms with Crippen molar-refractivity contribution in [3.63, 3.8) is 0 Å². The molecule has 76 valence electrons. The van der Waals surface area contributed by atoms with E-state index < -0.39 is 11.8 Å². The second-order valence-corrected chi connectivity index (χ2v) is 3.30. The average Bonchev–Trinajstić information content (AvgIpc) is 2.20. The third kappa shape index (κ3) is 2.22. The quantitative estimate of drug-likeness (QED) is 0.475. The molecule has 0 saturated heterocycles. The zero-order chi connectivity index (χ0) is 10.7. The first kappa shape index (κ1) is 11.4. The highest BCUT2D eigenvalue weighted by Gasteiger charge is 2.16. The molecule has 0 aromatic carbocycles. The van der Waals surface area contributed by atoms with Crippen molar-refractivity contribution in [1.82, 2.24) is 4.98 Å². The fraction of sp³-hybridized carbons (Fsp3) is 0.250. The van der Waals surface area contributed by atoms with E-state index in [1.807, 2.05) is 0 Å². The minimum Gasteiger partial charge on any atom is -0.465 e. The van der Waals surface area contributed by atoms with E-state index in [1.165, 1.54) is 7.11 Å². The maximum absolute atomic E-state index is 13.0. The predicted octanol–water partition coefficient (Wildman–Crippen LogP) is 2.56. The maximum Gasteiger partial charge on any atom is 0.339 e. The van der Waals surface area contributed by atoms with E-state index in [1.54, 1.807) is 0 Å². The lowest BCUT2D eigenvalue weighted by molar-refractivity contribution is 0.0598. The Morgan fingerprint density at radius 1 is 1.79 bits per heavy atom. The summed E-state index contributed by atoms with van der Waals surface area (Å²) in [5, 5.41) is 0.0457. The number of pyridine rings is 1. The van der Waals surface area contributed by atoms with Crippen LogP contribution in [0.5, 0.6) is 0 Å². The summed E-state index contributed by atoms with van der Waals surface area (Å²) >= 11 is 8.57. The molecule has 1 heterocycles. The van der Waals surface area contributed by atoms with Gasteiger partial charge in [-0.25, -0.2) is 14.2 Å². The Kier molecular flexibility index (Phi) is 3.83. The molecule has 0 aliphatic rings. The molecule has 0 saturated carbocycles. The third-order valence-electron chi connectivity index (χ3n) is 1.54.